The van der Waals surface area contributed by atoms with Gasteiger partial charge in [0, 0.05) is 12.6 Å². The molecular formula is C16H21N3O2. The highest BCUT2D eigenvalue weighted by atomic mass is 16.5. The van der Waals surface area contributed by atoms with Gasteiger partial charge in [0.1, 0.15) is 17.9 Å². The first kappa shape index (κ1) is 15.1. The zero-order valence-corrected chi connectivity index (χ0v) is 12.7. The van der Waals surface area contributed by atoms with Crippen LogP contribution in [0.15, 0.2) is 36.7 Å². The maximum absolute atomic E-state index is 5.55. The molecule has 0 spiro atoms. The van der Waals surface area contributed by atoms with Crippen molar-refractivity contribution in [2.45, 2.75) is 33.4 Å². The number of anilines is 1. The SMILES string of the molecule is CCOc1cccc(CNc2cc(OC(C)C)ncn2)c1. The molecule has 5 heteroatoms. The molecule has 0 saturated carbocycles. The minimum absolute atomic E-state index is 0.0932. The van der Waals surface area contributed by atoms with Gasteiger partial charge in [0.25, 0.3) is 0 Å². The highest BCUT2D eigenvalue weighted by Gasteiger charge is 2.02. The Morgan fingerprint density at radius 1 is 1.19 bits per heavy atom. The van der Waals surface area contributed by atoms with Crippen LogP contribution in [0.4, 0.5) is 5.82 Å². The van der Waals surface area contributed by atoms with Crippen molar-refractivity contribution in [3.8, 4) is 11.6 Å². The first-order valence-corrected chi connectivity index (χ1v) is 7.11. The van der Waals surface area contributed by atoms with Gasteiger partial charge in [-0.2, -0.15) is 0 Å². The molecule has 1 N–H and O–H groups in total. The zero-order chi connectivity index (χ0) is 15.1. The van der Waals surface area contributed by atoms with Gasteiger partial charge in [-0.05, 0) is 38.5 Å². The molecule has 2 aromatic rings. The van der Waals surface area contributed by atoms with Gasteiger partial charge >= 0.3 is 0 Å². The average Bonchev–Trinajstić information content (AvgIpc) is 2.46. The molecule has 0 fully saturated rings. The normalized spacial score (nSPS) is 10.5. The zero-order valence-electron chi connectivity index (χ0n) is 12.7. The van der Waals surface area contributed by atoms with Crippen molar-refractivity contribution in [2.24, 2.45) is 0 Å². The molecule has 1 aromatic heterocycles. The number of hydrogen-bond donors (Lipinski definition) is 1. The van der Waals surface area contributed by atoms with Crippen LogP contribution < -0.4 is 14.8 Å². The van der Waals surface area contributed by atoms with E-state index in [9.17, 15) is 0 Å². The maximum atomic E-state index is 5.55. The predicted molar refractivity (Wildman–Crippen MR) is 82.7 cm³/mol. The van der Waals surface area contributed by atoms with E-state index in [1.54, 1.807) is 6.07 Å². The fourth-order valence-corrected chi connectivity index (χ4v) is 1.85. The molecule has 112 valence electrons. The van der Waals surface area contributed by atoms with Crippen LogP contribution in [0.3, 0.4) is 0 Å². The molecule has 0 unspecified atom stereocenters. The lowest BCUT2D eigenvalue weighted by molar-refractivity contribution is 0.232. The summed E-state index contributed by atoms with van der Waals surface area (Å²) < 4.78 is 11.0. The number of hydrogen-bond acceptors (Lipinski definition) is 5. The van der Waals surface area contributed by atoms with Crippen LogP contribution in [0, 0.1) is 0 Å². The Morgan fingerprint density at radius 3 is 2.81 bits per heavy atom. The molecular weight excluding hydrogens is 266 g/mol. The van der Waals surface area contributed by atoms with Gasteiger partial charge in [-0.25, -0.2) is 9.97 Å². The summed E-state index contributed by atoms with van der Waals surface area (Å²) in [6.07, 6.45) is 1.59. The predicted octanol–water partition coefficient (Wildman–Crippen LogP) is 3.27. The first-order valence-electron chi connectivity index (χ1n) is 7.11. The molecule has 0 amide bonds. The van der Waals surface area contributed by atoms with Gasteiger partial charge in [0.2, 0.25) is 5.88 Å². The van der Waals surface area contributed by atoms with Gasteiger partial charge in [0.15, 0.2) is 0 Å². The van der Waals surface area contributed by atoms with E-state index in [1.165, 1.54) is 6.33 Å². The van der Waals surface area contributed by atoms with E-state index in [0.29, 0.717) is 19.0 Å². The van der Waals surface area contributed by atoms with Crippen LogP contribution in [0.2, 0.25) is 0 Å². The first-order chi connectivity index (χ1) is 10.2. The molecule has 0 radical (unpaired) electrons. The largest absolute Gasteiger partial charge is 0.494 e. The number of benzene rings is 1. The molecule has 1 aromatic carbocycles. The molecule has 21 heavy (non-hydrogen) atoms. The van der Waals surface area contributed by atoms with E-state index in [0.717, 1.165) is 17.1 Å². The van der Waals surface area contributed by atoms with Crippen molar-refractivity contribution in [2.75, 3.05) is 11.9 Å². The van der Waals surface area contributed by atoms with Crippen LogP contribution in [0.25, 0.3) is 0 Å². The summed E-state index contributed by atoms with van der Waals surface area (Å²) in [6, 6.07) is 9.79. The highest BCUT2D eigenvalue weighted by Crippen LogP contribution is 2.16. The van der Waals surface area contributed by atoms with Crippen molar-refractivity contribution in [3.63, 3.8) is 0 Å². The van der Waals surface area contributed by atoms with Crippen molar-refractivity contribution in [1.82, 2.24) is 9.97 Å². The molecule has 0 aliphatic heterocycles. The highest BCUT2D eigenvalue weighted by molar-refractivity contribution is 5.39. The smallest absolute Gasteiger partial charge is 0.218 e. The summed E-state index contributed by atoms with van der Waals surface area (Å²) >= 11 is 0. The minimum Gasteiger partial charge on any atom is -0.494 e. The molecule has 0 aliphatic rings. The van der Waals surface area contributed by atoms with E-state index in [1.807, 2.05) is 45.0 Å². The van der Waals surface area contributed by atoms with Crippen LogP contribution in [0.5, 0.6) is 11.6 Å². The molecule has 0 atom stereocenters. The summed E-state index contributed by atoms with van der Waals surface area (Å²) in [5.74, 6) is 2.19. The number of nitrogens with one attached hydrogen (secondary N) is 1. The second-order valence-electron chi connectivity index (χ2n) is 4.84. The number of nitrogens with zero attached hydrogens (tertiary/aromatic N) is 2. The maximum Gasteiger partial charge on any atom is 0.218 e. The van der Waals surface area contributed by atoms with E-state index < -0.39 is 0 Å². The Kier molecular flexibility index (Phi) is 5.37. The molecule has 0 bridgehead atoms. The third-order valence-electron chi connectivity index (χ3n) is 2.68. The number of aromatic nitrogens is 2. The van der Waals surface area contributed by atoms with Gasteiger partial charge in [-0.15, -0.1) is 0 Å². The van der Waals surface area contributed by atoms with E-state index in [2.05, 4.69) is 15.3 Å². The van der Waals surface area contributed by atoms with Crippen LogP contribution in [-0.2, 0) is 6.54 Å². The van der Waals surface area contributed by atoms with Gasteiger partial charge < -0.3 is 14.8 Å². The fourth-order valence-electron chi connectivity index (χ4n) is 1.85. The van der Waals surface area contributed by atoms with E-state index in [4.69, 9.17) is 9.47 Å². The van der Waals surface area contributed by atoms with Crippen molar-refractivity contribution < 1.29 is 9.47 Å². The Morgan fingerprint density at radius 2 is 2.05 bits per heavy atom. The fraction of sp³-hybridized carbons (Fsp3) is 0.375. The topological polar surface area (TPSA) is 56.3 Å². The lowest BCUT2D eigenvalue weighted by Gasteiger charge is -2.11. The van der Waals surface area contributed by atoms with Gasteiger partial charge in [-0.3, -0.25) is 0 Å². The third kappa shape index (κ3) is 4.95. The lowest BCUT2D eigenvalue weighted by Crippen LogP contribution is -2.08. The van der Waals surface area contributed by atoms with Crippen molar-refractivity contribution >= 4 is 5.82 Å². The van der Waals surface area contributed by atoms with Crippen molar-refractivity contribution in [1.29, 1.82) is 0 Å². The second kappa shape index (κ2) is 7.47. The van der Waals surface area contributed by atoms with Gasteiger partial charge in [-0.1, -0.05) is 12.1 Å². The molecule has 5 nitrogen and oxygen atoms in total. The summed E-state index contributed by atoms with van der Waals surface area (Å²) in [7, 11) is 0. The average molecular weight is 287 g/mol. The molecule has 0 saturated heterocycles. The molecule has 2 rings (SSSR count). The van der Waals surface area contributed by atoms with Crippen LogP contribution in [0.1, 0.15) is 26.3 Å². The quantitative estimate of drug-likeness (QED) is 0.847. The monoisotopic (exact) mass is 287 g/mol. The second-order valence-corrected chi connectivity index (χ2v) is 4.84. The summed E-state index contributed by atoms with van der Waals surface area (Å²) in [4.78, 5) is 8.27. The standard InChI is InChI=1S/C16H21N3O2/c1-4-20-14-7-5-6-13(8-14)10-17-15-9-16(19-11-18-15)21-12(2)3/h5-9,11-12H,4,10H2,1-3H3,(H,17,18,19). The summed E-state index contributed by atoms with van der Waals surface area (Å²) in [5, 5.41) is 3.26. The van der Waals surface area contributed by atoms with E-state index in [-0.39, 0.29) is 6.10 Å². The van der Waals surface area contributed by atoms with Crippen LogP contribution in [-0.4, -0.2) is 22.7 Å². The Balaban J connectivity index is 1.97. The Labute approximate surface area is 125 Å². The number of ether oxygens (including phenoxy) is 2. The number of rotatable bonds is 7. The third-order valence-corrected chi connectivity index (χ3v) is 2.68. The van der Waals surface area contributed by atoms with E-state index >= 15 is 0 Å². The summed E-state index contributed by atoms with van der Waals surface area (Å²) in [5.41, 5.74) is 1.13. The van der Waals surface area contributed by atoms with Crippen molar-refractivity contribution in [3.05, 3.63) is 42.2 Å². The summed E-state index contributed by atoms with van der Waals surface area (Å²) in [6.45, 7) is 7.24. The molecule has 1 heterocycles. The molecule has 0 aliphatic carbocycles. The minimum atomic E-state index is 0.0932. The lowest BCUT2D eigenvalue weighted by atomic mass is 10.2. The van der Waals surface area contributed by atoms with Crippen LogP contribution >= 0.6 is 0 Å². The Bertz CT molecular complexity index is 573. The van der Waals surface area contributed by atoms with Gasteiger partial charge in [0.05, 0.1) is 12.7 Å². The Hall–Kier alpha value is -2.30.